The Bertz CT molecular complexity index is 685. The number of carbonyl (C=O) groups excluding carboxylic acids is 1. The maximum atomic E-state index is 11.8. The average Bonchev–Trinajstić information content (AvgIpc) is 2.81. The highest BCUT2D eigenvalue weighted by Gasteiger charge is 2.08. The lowest BCUT2D eigenvalue weighted by Crippen LogP contribution is -2.16. The van der Waals surface area contributed by atoms with Crippen LogP contribution in [0.3, 0.4) is 0 Å². The van der Waals surface area contributed by atoms with Crippen molar-refractivity contribution in [3.8, 4) is 5.75 Å². The SMILES string of the molecule is O=C(NN=Cc1cc(Br)cc(Br)c1O)c1ccc(Br)s1. The molecular formula is C12H7Br3N2O2S. The van der Waals surface area contributed by atoms with Crippen LogP contribution in [0.2, 0.25) is 0 Å². The quantitative estimate of drug-likeness (QED) is 0.499. The molecule has 1 heterocycles. The summed E-state index contributed by atoms with van der Waals surface area (Å²) in [4.78, 5) is 12.3. The zero-order valence-corrected chi connectivity index (χ0v) is 15.3. The van der Waals surface area contributed by atoms with E-state index in [2.05, 4.69) is 58.3 Å². The Labute approximate surface area is 144 Å². The summed E-state index contributed by atoms with van der Waals surface area (Å²) in [6.07, 6.45) is 1.38. The van der Waals surface area contributed by atoms with Crippen molar-refractivity contribution in [3.05, 3.63) is 47.4 Å². The monoisotopic (exact) mass is 480 g/mol. The van der Waals surface area contributed by atoms with Gasteiger partial charge in [0.2, 0.25) is 0 Å². The summed E-state index contributed by atoms with van der Waals surface area (Å²) >= 11 is 11.1. The number of hydrogen-bond acceptors (Lipinski definition) is 4. The predicted octanol–water partition coefficient (Wildman–Crippen LogP) is 4.51. The van der Waals surface area contributed by atoms with Crippen LogP contribution in [0.5, 0.6) is 5.75 Å². The van der Waals surface area contributed by atoms with Crippen molar-refractivity contribution in [2.75, 3.05) is 0 Å². The fourth-order valence-corrected chi connectivity index (χ4v) is 3.87. The van der Waals surface area contributed by atoms with Gasteiger partial charge in [-0.05, 0) is 56.1 Å². The van der Waals surface area contributed by atoms with Crippen LogP contribution in [0.1, 0.15) is 15.2 Å². The maximum absolute atomic E-state index is 11.8. The van der Waals surface area contributed by atoms with E-state index in [-0.39, 0.29) is 11.7 Å². The molecule has 2 aromatic rings. The van der Waals surface area contributed by atoms with Crippen molar-refractivity contribution < 1.29 is 9.90 Å². The molecule has 0 aliphatic rings. The summed E-state index contributed by atoms with van der Waals surface area (Å²) in [6.45, 7) is 0. The number of nitrogens with one attached hydrogen (secondary N) is 1. The molecule has 0 fully saturated rings. The number of amides is 1. The second kappa shape index (κ2) is 6.84. The minimum Gasteiger partial charge on any atom is -0.506 e. The number of hydrogen-bond donors (Lipinski definition) is 2. The van der Waals surface area contributed by atoms with Crippen LogP contribution in [0.15, 0.2) is 42.1 Å². The number of benzene rings is 1. The molecule has 0 aliphatic heterocycles. The van der Waals surface area contributed by atoms with Gasteiger partial charge in [-0.3, -0.25) is 4.79 Å². The van der Waals surface area contributed by atoms with E-state index in [0.717, 1.165) is 8.26 Å². The molecule has 0 saturated carbocycles. The number of rotatable bonds is 3. The summed E-state index contributed by atoms with van der Waals surface area (Å²) in [6, 6.07) is 6.90. The Hall–Kier alpha value is -0.700. The molecule has 104 valence electrons. The third-order valence-electron chi connectivity index (χ3n) is 2.22. The lowest BCUT2D eigenvalue weighted by atomic mass is 10.2. The van der Waals surface area contributed by atoms with Crippen LogP contribution in [0, 0.1) is 0 Å². The Balaban J connectivity index is 2.09. The molecule has 20 heavy (non-hydrogen) atoms. The summed E-state index contributed by atoms with van der Waals surface area (Å²) in [5.74, 6) is -0.240. The van der Waals surface area contributed by atoms with Crippen LogP contribution >= 0.6 is 59.1 Å². The largest absolute Gasteiger partial charge is 0.506 e. The first-order chi connectivity index (χ1) is 9.47. The molecule has 2 N–H and O–H groups in total. The van der Waals surface area contributed by atoms with Gasteiger partial charge in [0, 0.05) is 10.0 Å². The number of thiophene rings is 1. The van der Waals surface area contributed by atoms with Crippen molar-refractivity contribution in [1.82, 2.24) is 5.43 Å². The summed E-state index contributed by atoms with van der Waals surface area (Å²) in [5.41, 5.74) is 2.89. The zero-order chi connectivity index (χ0) is 14.7. The topological polar surface area (TPSA) is 61.7 Å². The number of phenolic OH excluding ortho intramolecular Hbond substituents is 1. The maximum Gasteiger partial charge on any atom is 0.281 e. The minimum atomic E-state index is -0.300. The Morgan fingerprint density at radius 3 is 2.70 bits per heavy atom. The highest BCUT2D eigenvalue weighted by molar-refractivity contribution is 9.11. The fraction of sp³-hybridized carbons (Fsp3) is 0. The van der Waals surface area contributed by atoms with Gasteiger partial charge >= 0.3 is 0 Å². The summed E-state index contributed by atoms with van der Waals surface area (Å²) < 4.78 is 2.21. The van der Waals surface area contributed by atoms with E-state index < -0.39 is 0 Å². The molecule has 8 heteroatoms. The third kappa shape index (κ3) is 3.91. The van der Waals surface area contributed by atoms with Gasteiger partial charge in [-0.2, -0.15) is 5.10 Å². The first-order valence-corrected chi connectivity index (χ1v) is 8.43. The van der Waals surface area contributed by atoms with Gasteiger partial charge in [-0.15, -0.1) is 11.3 Å². The predicted molar refractivity (Wildman–Crippen MR) is 90.6 cm³/mol. The van der Waals surface area contributed by atoms with E-state index in [1.807, 2.05) is 0 Å². The van der Waals surface area contributed by atoms with Gasteiger partial charge in [0.05, 0.1) is 19.4 Å². The molecule has 0 aliphatic carbocycles. The molecule has 2 rings (SSSR count). The van der Waals surface area contributed by atoms with E-state index in [4.69, 9.17) is 0 Å². The van der Waals surface area contributed by atoms with Crippen LogP contribution in [-0.2, 0) is 0 Å². The second-order valence-electron chi connectivity index (χ2n) is 3.63. The van der Waals surface area contributed by atoms with Crippen LogP contribution in [0.4, 0.5) is 0 Å². The molecule has 0 bridgehead atoms. The summed E-state index contributed by atoms with van der Waals surface area (Å²) in [5, 5.41) is 13.7. The van der Waals surface area contributed by atoms with E-state index >= 15 is 0 Å². The number of halogens is 3. The van der Waals surface area contributed by atoms with E-state index in [9.17, 15) is 9.90 Å². The van der Waals surface area contributed by atoms with Crippen LogP contribution in [-0.4, -0.2) is 17.2 Å². The second-order valence-corrected chi connectivity index (χ2v) is 7.86. The third-order valence-corrected chi connectivity index (χ3v) is 4.91. The lowest BCUT2D eigenvalue weighted by molar-refractivity contribution is 0.0959. The molecular weight excluding hydrogens is 476 g/mol. The molecule has 0 atom stereocenters. The molecule has 0 spiro atoms. The van der Waals surface area contributed by atoms with Gasteiger partial charge in [0.1, 0.15) is 5.75 Å². The highest BCUT2D eigenvalue weighted by Crippen LogP contribution is 2.30. The molecule has 0 radical (unpaired) electrons. The van der Waals surface area contributed by atoms with Crippen molar-refractivity contribution in [2.45, 2.75) is 0 Å². The average molecular weight is 483 g/mol. The molecule has 1 aromatic carbocycles. The molecule has 4 nitrogen and oxygen atoms in total. The zero-order valence-electron chi connectivity index (χ0n) is 9.73. The molecule has 0 unspecified atom stereocenters. The lowest BCUT2D eigenvalue weighted by Gasteiger charge is -2.02. The van der Waals surface area contributed by atoms with E-state index in [1.54, 1.807) is 24.3 Å². The number of nitrogens with zero attached hydrogens (tertiary/aromatic N) is 1. The van der Waals surface area contributed by atoms with Crippen molar-refractivity contribution in [3.63, 3.8) is 0 Å². The molecule has 1 aromatic heterocycles. The number of hydrazone groups is 1. The van der Waals surface area contributed by atoms with E-state index in [0.29, 0.717) is 14.9 Å². The van der Waals surface area contributed by atoms with Gasteiger partial charge in [0.25, 0.3) is 5.91 Å². The fourth-order valence-electron chi connectivity index (χ4n) is 1.34. The van der Waals surface area contributed by atoms with Crippen molar-refractivity contribution in [2.24, 2.45) is 5.10 Å². The summed E-state index contributed by atoms with van der Waals surface area (Å²) in [7, 11) is 0. The van der Waals surface area contributed by atoms with Gasteiger partial charge in [-0.1, -0.05) is 15.9 Å². The van der Waals surface area contributed by atoms with Gasteiger partial charge < -0.3 is 5.11 Å². The number of carbonyl (C=O) groups is 1. The Morgan fingerprint density at radius 2 is 2.05 bits per heavy atom. The first-order valence-electron chi connectivity index (χ1n) is 5.24. The van der Waals surface area contributed by atoms with Gasteiger partial charge in [-0.25, -0.2) is 5.43 Å². The highest BCUT2D eigenvalue weighted by atomic mass is 79.9. The molecule has 0 saturated heterocycles. The number of phenols is 1. The van der Waals surface area contributed by atoms with Crippen LogP contribution in [0.25, 0.3) is 0 Å². The normalized spacial score (nSPS) is 10.9. The number of aromatic hydroxyl groups is 1. The first kappa shape index (κ1) is 15.7. The Morgan fingerprint density at radius 1 is 1.30 bits per heavy atom. The molecule has 1 amide bonds. The Kier molecular flexibility index (Phi) is 5.36. The van der Waals surface area contributed by atoms with Crippen molar-refractivity contribution in [1.29, 1.82) is 0 Å². The smallest absolute Gasteiger partial charge is 0.281 e. The minimum absolute atomic E-state index is 0.0602. The van der Waals surface area contributed by atoms with E-state index in [1.165, 1.54) is 17.6 Å². The van der Waals surface area contributed by atoms with Crippen LogP contribution < -0.4 is 5.43 Å². The standard InChI is InChI=1S/C12H7Br3N2O2S/c13-7-3-6(11(18)8(14)4-7)5-16-17-12(19)9-1-2-10(15)20-9/h1-5,18H,(H,17,19). The van der Waals surface area contributed by atoms with Crippen molar-refractivity contribution >= 4 is 71.2 Å². The van der Waals surface area contributed by atoms with Gasteiger partial charge in [0.15, 0.2) is 0 Å².